The highest BCUT2D eigenvalue weighted by atomic mass is 19.1. The van der Waals surface area contributed by atoms with Crippen molar-refractivity contribution in [2.75, 3.05) is 0 Å². The average Bonchev–Trinajstić information content (AvgIpc) is 3.12. The normalized spacial score (nSPS) is 11.0. The molecule has 0 unspecified atom stereocenters. The van der Waals surface area contributed by atoms with Gasteiger partial charge in [0.15, 0.2) is 0 Å². The first-order chi connectivity index (χ1) is 13.8. The molecule has 148 valence electrons. The van der Waals surface area contributed by atoms with Crippen LogP contribution in [0.5, 0.6) is 0 Å². The van der Waals surface area contributed by atoms with E-state index >= 15 is 0 Å². The van der Waals surface area contributed by atoms with E-state index in [9.17, 15) is 19.3 Å². The Morgan fingerprint density at radius 3 is 2.72 bits per heavy atom. The number of rotatable bonds is 6. The number of amides is 1. The van der Waals surface area contributed by atoms with Crippen LogP contribution in [-0.4, -0.2) is 17.0 Å². The van der Waals surface area contributed by atoms with E-state index in [1.807, 2.05) is 32.0 Å². The molecule has 0 fully saturated rings. The molecular weight excluding hydrogens is 377 g/mol. The van der Waals surface area contributed by atoms with Gasteiger partial charge in [-0.15, -0.1) is 0 Å². The first kappa shape index (κ1) is 19.9. The van der Waals surface area contributed by atoms with Gasteiger partial charge in [0, 0.05) is 0 Å². The van der Waals surface area contributed by atoms with Crippen LogP contribution in [0, 0.1) is 29.8 Å². The summed E-state index contributed by atoms with van der Waals surface area (Å²) < 4.78 is 18.8. The van der Waals surface area contributed by atoms with Gasteiger partial charge in [-0.2, -0.15) is 5.10 Å². The van der Waals surface area contributed by atoms with Crippen LogP contribution in [0.15, 0.2) is 58.0 Å². The van der Waals surface area contributed by atoms with Crippen LogP contribution >= 0.6 is 0 Å². The summed E-state index contributed by atoms with van der Waals surface area (Å²) in [6.07, 6.45) is 1.48. The lowest BCUT2D eigenvalue weighted by molar-refractivity contribution is -0.384. The van der Waals surface area contributed by atoms with Crippen molar-refractivity contribution >= 4 is 17.8 Å². The van der Waals surface area contributed by atoms with Crippen LogP contribution in [0.4, 0.5) is 10.1 Å². The van der Waals surface area contributed by atoms with Gasteiger partial charge >= 0.3 is 0 Å². The Bertz CT molecular complexity index is 1110. The maximum atomic E-state index is 13.3. The average molecular weight is 395 g/mol. The highest BCUT2D eigenvalue weighted by Crippen LogP contribution is 2.31. The zero-order valence-corrected chi connectivity index (χ0v) is 15.8. The monoisotopic (exact) mass is 395 g/mol. The molecule has 0 saturated heterocycles. The molecule has 0 saturated carbocycles. The van der Waals surface area contributed by atoms with E-state index in [0.717, 1.165) is 28.8 Å². The van der Waals surface area contributed by atoms with Crippen molar-refractivity contribution in [3.63, 3.8) is 0 Å². The summed E-state index contributed by atoms with van der Waals surface area (Å²) >= 11 is 0. The van der Waals surface area contributed by atoms with Crippen LogP contribution in [0.3, 0.4) is 0 Å². The molecule has 1 amide bonds. The van der Waals surface area contributed by atoms with Crippen molar-refractivity contribution in [2.45, 2.75) is 20.3 Å². The van der Waals surface area contributed by atoms with Gasteiger partial charge in [0.1, 0.15) is 17.3 Å². The van der Waals surface area contributed by atoms with E-state index in [1.54, 1.807) is 6.07 Å². The van der Waals surface area contributed by atoms with Crippen molar-refractivity contribution < 1.29 is 18.5 Å². The number of nitro groups is 1. The first-order valence-corrected chi connectivity index (χ1v) is 8.75. The maximum absolute atomic E-state index is 13.3. The second-order valence-corrected chi connectivity index (χ2v) is 6.52. The van der Waals surface area contributed by atoms with Gasteiger partial charge in [0.25, 0.3) is 5.69 Å². The van der Waals surface area contributed by atoms with Crippen molar-refractivity contribution in [1.29, 1.82) is 0 Å². The molecule has 0 aliphatic carbocycles. The number of furan rings is 1. The van der Waals surface area contributed by atoms with Gasteiger partial charge in [-0.1, -0.05) is 23.8 Å². The van der Waals surface area contributed by atoms with Gasteiger partial charge in [0.05, 0.1) is 29.2 Å². The van der Waals surface area contributed by atoms with E-state index < -0.39 is 16.4 Å². The molecule has 2 aromatic carbocycles. The van der Waals surface area contributed by atoms with E-state index in [4.69, 9.17) is 4.42 Å². The highest BCUT2D eigenvalue weighted by molar-refractivity contribution is 5.82. The lowest BCUT2D eigenvalue weighted by atomic mass is 10.0. The summed E-state index contributed by atoms with van der Waals surface area (Å²) in [4.78, 5) is 22.5. The Labute approximate surface area is 166 Å². The Balaban J connectivity index is 1.67. The fourth-order valence-electron chi connectivity index (χ4n) is 2.86. The highest BCUT2D eigenvalue weighted by Gasteiger charge is 2.19. The summed E-state index contributed by atoms with van der Waals surface area (Å²) in [5, 5.41) is 15.0. The Kier molecular flexibility index (Phi) is 5.82. The standard InChI is InChI=1S/C21H18FN3O4/c1-13-3-4-15(14(2)9-13)10-21(26)24-23-12-17-6-8-20(29-17)18-7-5-16(22)11-19(18)25(27)28/h3-9,11-12H,10H2,1-2H3,(H,24,26)/b23-12+. The van der Waals surface area contributed by atoms with Gasteiger partial charge in [-0.25, -0.2) is 9.82 Å². The fraction of sp³-hybridized carbons (Fsp3) is 0.143. The first-order valence-electron chi connectivity index (χ1n) is 8.75. The molecule has 0 spiro atoms. The number of halogens is 1. The van der Waals surface area contributed by atoms with Gasteiger partial charge < -0.3 is 4.42 Å². The molecule has 3 rings (SSSR count). The molecule has 0 aliphatic heterocycles. The molecule has 1 aromatic heterocycles. The molecule has 8 heteroatoms. The Morgan fingerprint density at radius 1 is 1.21 bits per heavy atom. The minimum absolute atomic E-state index is 0.148. The summed E-state index contributed by atoms with van der Waals surface area (Å²) in [7, 11) is 0. The number of nitrogens with one attached hydrogen (secondary N) is 1. The molecule has 1 N–H and O–H groups in total. The number of nitro benzene ring substituents is 1. The molecule has 0 radical (unpaired) electrons. The number of hydrazone groups is 1. The van der Waals surface area contributed by atoms with Crippen molar-refractivity contribution in [2.24, 2.45) is 5.10 Å². The summed E-state index contributed by atoms with van der Waals surface area (Å²) in [5.74, 6) is -0.514. The zero-order chi connectivity index (χ0) is 21.0. The summed E-state index contributed by atoms with van der Waals surface area (Å²) in [6.45, 7) is 3.93. The number of nitrogens with zero attached hydrogens (tertiary/aromatic N) is 2. The molecular formula is C21H18FN3O4. The smallest absolute Gasteiger partial charge is 0.283 e. The maximum Gasteiger partial charge on any atom is 0.283 e. The number of aryl methyl sites for hydroxylation is 2. The van der Waals surface area contributed by atoms with E-state index in [1.165, 1.54) is 18.3 Å². The third-order valence-corrected chi connectivity index (χ3v) is 4.28. The Morgan fingerprint density at radius 2 is 2.00 bits per heavy atom. The van der Waals surface area contributed by atoms with E-state index in [2.05, 4.69) is 10.5 Å². The van der Waals surface area contributed by atoms with Gasteiger partial charge in [0.2, 0.25) is 5.91 Å². The van der Waals surface area contributed by atoms with E-state index in [-0.39, 0.29) is 29.4 Å². The SMILES string of the molecule is Cc1ccc(CC(=O)N/N=C/c2ccc(-c3ccc(F)cc3[N+](=O)[O-])o2)c(C)c1. The predicted octanol–water partition coefficient (Wildman–Crippen LogP) is 4.30. The van der Waals surface area contributed by atoms with Crippen molar-refractivity contribution in [3.8, 4) is 11.3 Å². The molecule has 29 heavy (non-hydrogen) atoms. The Hall–Kier alpha value is -3.81. The molecule has 7 nitrogen and oxygen atoms in total. The van der Waals surface area contributed by atoms with E-state index in [0.29, 0.717) is 0 Å². The van der Waals surface area contributed by atoms with Crippen LogP contribution < -0.4 is 5.43 Å². The number of carbonyl (C=O) groups excluding carboxylic acids is 1. The lowest BCUT2D eigenvalue weighted by Gasteiger charge is -2.05. The van der Waals surface area contributed by atoms with Crippen LogP contribution in [0.1, 0.15) is 22.5 Å². The number of benzene rings is 2. The minimum atomic E-state index is -0.708. The third kappa shape index (κ3) is 4.92. The fourth-order valence-corrected chi connectivity index (χ4v) is 2.86. The van der Waals surface area contributed by atoms with Crippen LogP contribution in [0.2, 0.25) is 0 Å². The number of hydrogen-bond acceptors (Lipinski definition) is 5. The van der Waals surface area contributed by atoms with Crippen molar-refractivity contribution in [1.82, 2.24) is 5.43 Å². The molecule has 1 heterocycles. The van der Waals surface area contributed by atoms with Crippen LogP contribution in [0.25, 0.3) is 11.3 Å². The second-order valence-electron chi connectivity index (χ2n) is 6.52. The summed E-state index contributed by atoms with van der Waals surface area (Å²) in [6, 6.07) is 12.1. The largest absolute Gasteiger partial charge is 0.455 e. The summed E-state index contributed by atoms with van der Waals surface area (Å²) in [5.41, 5.74) is 5.23. The zero-order valence-electron chi connectivity index (χ0n) is 15.8. The van der Waals surface area contributed by atoms with Crippen LogP contribution in [-0.2, 0) is 11.2 Å². The lowest BCUT2D eigenvalue weighted by Crippen LogP contribution is -2.20. The molecule has 0 aliphatic rings. The van der Waals surface area contributed by atoms with Gasteiger partial charge in [-0.05, 0) is 49.2 Å². The molecule has 0 bridgehead atoms. The molecule has 0 atom stereocenters. The van der Waals surface area contributed by atoms with Crippen molar-refractivity contribution in [3.05, 3.63) is 86.9 Å². The topological polar surface area (TPSA) is 97.7 Å². The minimum Gasteiger partial charge on any atom is -0.455 e. The predicted molar refractivity (Wildman–Crippen MR) is 106 cm³/mol. The second kappa shape index (κ2) is 8.47. The quantitative estimate of drug-likeness (QED) is 0.382. The number of carbonyl (C=O) groups is 1. The number of hydrogen-bond donors (Lipinski definition) is 1. The third-order valence-electron chi connectivity index (χ3n) is 4.28. The van der Waals surface area contributed by atoms with Gasteiger partial charge in [-0.3, -0.25) is 14.9 Å². The molecule has 3 aromatic rings.